The first-order chi connectivity index (χ1) is 10.2. The fourth-order valence-electron chi connectivity index (χ4n) is 2.70. The van der Waals surface area contributed by atoms with Crippen LogP contribution in [0.5, 0.6) is 11.5 Å². The van der Waals surface area contributed by atoms with Gasteiger partial charge < -0.3 is 9.47 Å². The molecule has 1 aromatic carbocycles. The Kier molecular flexibility index (Phi) is 3.92. The summed E-state index contributed by atoms with van der Waals surface area (Å²) in [5.41, 5.74) is 0.434. The highest BCUT2D eigenvalue weighted by Crippen LogP contribution is 2.48. The SMILES string of the molecule is COc1c(Cl)cc(C2(N=C=O)CCC2)cc1OCC1CC1. The van der Waals surface area contributed by atoms with E-state index in [1.807, 2.05) is 12.1 Å². The number of carbonyl (C=O) groups excluding carboxylic acids is 1. The summed E-state index contributed by atoms with van der Waals surface area (Å²) >= 11 is 6.31. The van der Waals surface area contributed by atoms with Crippen LogP contribution in [-0.4, -0.2) is 19.8 Å². The van der Waals surface area contributed by atoms with Crippen molar-refractivity contribution in [3.05, 3.63) is 22.7 Å². The summed E-state index contributed by atoms with van der Waals surface area (Å²) in [5, 5.41) is 0.494. The standard InChI is InChI=1S/C16H18ClNO3/c1-20-15-13(17)7-12(16(18-10-19)5-2-6-16)8-14(15)21-9-11-3-4-11/h7-8,11H,2-6,9H2,1H3. The summed E-state index contributed by atoms with van der Waals surface area (Å²) in [6.45, 7) is 0.681. The maximum atomic E-state index is 10.7. The van der Waals surface area contributed by atoms with Crippen molar-refractivity contribution >= 4 is 17.7 Å². The van der Waals surface area contributed by atoms with Gasteiger partial charge >= 0.3 is 0 Å². The van der Waals surface area contributed by atoms with Gasteiger partial charge in [0.05, 0.1) is 24.3 Å². The molecule has 0 heterocycles. The van der Waals surface area contributed by atoms with Crippen LogP contribution >= 0.6 is 11.6 Å². The molecule has 1 aromatic rings. The molecule has 0 saturated heterocycles. The van der Waals surface area contributed by atoms with Crippen molar-refractivity contribution in [1.82, 2.24) is 0 Å². The molecule has 0 amide bonds. The second-order valence-electron chi connectivity index (χ2n) is 5.83. The van der Waals surface area contributed by atoms with Crippen molar-refractivity contribution in [2.75, 3.05) is 13.7 Å². The number of nitrogens with zero attached hydrogens (tertiary/aromatic N) is 1. The molecule has 112 valence electrons. The Labute approximate surface area is 129 Å². The molecule has 0 spiro atoms. The third-order valence-corrected chi connectivity index (χ3v) is 4.64. The summed E-state index contributed by atoms with van der Waals surface area (Å²) in [7, 11) is 1.58. The number of hydrogen-bond donors (Lipinski definition) is 0. The quantitative estimate of drug-likeness (QED) is 0.592. The van der Waals surface area contributed by atoms with Gasteiger partial charge in [-0.05, 0) is 55.7 Å². The summed E-state index contributed by atoms with van der Waals surface area (Å²) in [6, 6.07) is 3.73. The summed E-state index contributed by atoms with van der Waals surface area (Å²) in [4.78, 5) is 14.7. The second-order valence-corrected chi connectivity index (χ2v) is 6.24. The number of methoxy groups -OCH3 is 1. The Morgan fingerprint density at radius 2 is 2.19 bits per heavy atom. The van der Waals surface area contributed by atoms with Gasteiger partial charge in [0.25, 0.3) is 0 Å². The molecule has 0 N–H and O–H groups in total. The Hall–Kier alpha value is -1.51. The normalized spacial score (nSPS) is 19.3. The molecular weight excluding hydrogens is 290 g/mol. The molecule has 21 heavy (non-hydrogen) atoms. The summed E-state index contributed by atoms with van der Waals surface area (Å²) in [6.07, 6.45) is 6.86. The molecule has 0 bridgehead atoms. The third kappa shape index (κ3) is 2.78. The molecule has 0 unspecified atom stereocenters. The fourth-order valence-corrected chi connectivity index (χ4v) is 2.99. The fraction of sp³-hybridized carbons (Fsp3) is 0.562. The van der Waals surface area contributed by atoms with Crippen LogP contribution in [0.25, 0.3) is 0 Å². The lowest BCUT2D eigenvalue weighted by atomic mass is 9.72. The Morgan fingerprint density at radius 1 is 1.43 bits per heavy atom. The maximum absolute atomic E-state index is 10.7. The van der Waals surface area contributed by atoms with Crippen molar-refractivity contribution in [2.24, 2.45) is 10.9 Å². The van der Waals surface area contributed by atoms with Crippen LogP contribution in [0.2, 0.25) is 5.02 Å². The zero-order chi connectivity index (χ0) is 14.9. The van der Waals surface area contributed by atoms with E-state index in [9.17, 15) is 4.79 Å². The van der Waals surface area contributed by atoms with Crippen molar-refractivity contribution in [3.63, 3.8) is 0 Å². The number of ether oxygens (including phenoxy) is 2. The first-order valence-electron chi connectivity index (χ1n) is 7.28. The first kappa shape index (κ1) is 14.4. The number of halogens is 1. The van der Waals surface area contributed by atoms with Gasteiger partial charge in [-0.2, -0.15) is 4.99 Å². The molecule has 5 heteroatoms. The molecule has 0 aliphatic heterocycles. The van der Waals surface area contributed by atoms with E-state index in [0.29, 0.717) is 29.0 Å². The van der Waals surface area contributed by atoms with Gasteiger partial charge in [0, 0.05) is 0 Å². The van der Waals surface area contributed by atoms with Crippen molar-refractivity contribution < 1.29 is 14.3 Å². The molecule has 0 aromatic heterocycles. The van der Waals surface area contributed by atoms with Crippen LogP contribution in [0, 0.1) is 5.92 Å². The van der Waals surface area contributed by atoms with E-state index in [-0.39, 0.29) is 0 Å². The average Bonchev–Trinajstić information content (AvgIpc) is 3.24. The predicted octanol–water partition coefficient (Wildman–Crippen LogP) is 3.85. The lowest BCUT2D eigenvalue weighted by Crippen LogP contribution is -2.31. The lowest BCUT2D eigenvalue weighted by molar-refractivity contribution is 0.250. The predicted molar refractivity (Wildman–Crippen MR) is 79.9 cm³/mol. The molecule has 3 rings (SSSR count). The molecular formula is C16H18ClNO3. The Morgan fingerprint density at radius 3 is 2.71 bits per heavy atom. The molecule has 0 atom stereocenters. The van der Waals surface area contributed by atoms with E-state index in [1.54, 1.807) is 13.2 Å². The smallest absolute Gasteiger partial charge is 0.235 e. The highest BCUT2D eigenvalue weighted by atomic mass is 35.5. The number of benzene rings is 1. The minimum atomic E-state index is -0.477. The van der Waals surface area contributed by atoms with Crippen LogP contribution in [0.15, 0.2) is 17.1 Å². The van der Waals surface area contributed by atoms with E-state index >= 15 is 0 Å². The molecule has 0 radical (unpaired) electrons. The largest absolute Gasteiger partial charge is 0.491 e. The average molecular weight is 308 g/mol. The van der Waals surface area contributed by atoms with Crippen molar-refractivity contribution in [1.29, 1.82) is 0 Å². The number of aliphatic imine (C=N–C) groups is 1. The Balaban J connectivity index is 1.95. The second kappa shape index (κ2) is 5.70. The summed E-state index contributed by atoms with van der Waals surface area (Å²) < 4.78 is 11.2. The van der Waals surface area contributed by atoms with Crippen LogP contribution < -0.4 is 9.47 Å². The zero-order valence-electron chi connectivity index (χ0n) is 12.0. The van der Waals surface area contributed by atoms with E-state index < -0.39 is 5.54 Å². The minimum Gasteiger partial charge on any atom is -0.491 e. The molecule has 2 aliphatic carbocycles. The van der Waals surface area contributed by atoms with Gasteiger partial charge in [-0.1, -0.05) is 11.6 Å². The summed E-state index contributed by atoms with van der Waals surface area (Å²) in [5.74, 6) is 1.83. The monoisotopic (exact) mass is 307 g/mol. The van der Waals surface area contributed by atoms with Crippen LogP contribution in [0.4, 0.5) is 0 Å². The van der Waals surface area contributed by atoms with Gasteiger partial charge in [0.2, 0.25) is 6.08 Å². The topological polar surface area (TPSA) is 47.9 Å². The van der Waals surface area contributed by atoms with Gasteiger partial charge in [0.15, 0.2) is 11.5 Å². The van der Waals surface area contributed by atoms with Gasteiger partial charge in [-0.15, -0.1) is 0 Å². The maximum Gasteiger partial charge on any atom is 0.235 e. The molecule has 2 aliphatic rings. The molecule has 2 saturated carbocycles. The van der Waals surface area contributed by atoms with E-state index in [1.165, 1.54) is 12.8 Å². The highest BCUT2D eigenvalue weighted by molar-refractivity contribution is 6.32. The lowest BCUT2D eigenvalue weighted by Gasteiger charge is -2.37. The van der Waals surface area contributed by atoms with Gasteiger partial charge in [-0.3, -0.25) is 0 Å². The van der Waals surface area contributed by atoms with Gasteiger partial charge in [0.1, 0.15) is 0 Å². The van der Waals surface area contributed by atoms with Crippen LogP contribution in [0.1, 0.15) is 37.7 Å². The van der Waals surface area contributed by atoms with Gasteiger partial charge in [-0.25, -0.2) is 4.79 Å². The number of hydrogen-bond acceptors (Lipinski definition) is 4. The van der Waals surface area contributed by atoms with Crippen molar-refractivity contribution in [3.8, 4) is 11.5 Å². The van der Waals surface area contributed by atoms with E-state index in [2.05, 4.69) is 4.99 Å². The third-order valence-electron chi connectivity index (χ3n) is 4.36. The minimum absolute atomic E-state index is 0.477. The highest BCUT2D eigenvalue weighted by Gasteiger charge is 2.40. The van der Waals surface area contributed by atoms with Crippen molar-refractivity contribution in [2.45, 2.75) is 37.6 Å². The Bertz CT molecular complexity index is 587. The van der Waals surface area contributed by atoms with E-state index in [4.69, 9.17) is 21.1 Å². The van der Waals surface area contributed by atoms with Crippen LogP contribution in [-0.2, 0) is 10.3 Å². The van der Waals surface area contributed by atoms with E-state index in [0.717, 1.165) is 24.8 Å². The molecule has 2 fully saturated rings. The zero-order valence-corrected chi connectivity index (χ0v) is 12.8. The number of rotatable bonds is 6. The first-order valence-corrected chi connectivity index (χ1v) is 7.66. The molecule has 4 nitrogen and oxygen atoms in total. The van der Waals surface area contributed by atoms with Crippen LogP contribution in [0.3, 0.4) is 0 Å². The number of isocyanates is 1.